The van der Waals surface area contributed by atoms with E-state index in [0.717, 1.165) is 10.7 Å². The Bertz CT molecular complexity index is 712. The topological polar surface area (TPSA) is 76.9 Å². The number of anilines is 1. The molecular formula is C9H7Br2FN4O2S. The smallest absolute Gasteiger partial charge is 0.278 e. The van der Waals surface area contributed by atoms with E-state index in [1.54, 1.807) is 0 Å². The Morgan fingerprint density at radius 2 is 2.05 bits per heavy atom. The Labute approximate surface area is 125 Å². The van der Waals surface area contributed by atoms with Crippen molar-refractivity contribution in [3.63, 3.8) is 0 Å². The standard InChI is InChI=1S/C9H7Br2FN4O2S/c1-16-9(8(11)13-15-16)19(17,18)14-5-2-3-7(12)6(10)4-5/h2-4,14H,1H3. The summed E-state index contributed by atoms with van der Waals surface area (Å²) in [7, 11) is -2.41. The van der Waals surface area contributed by atoms with Crippen LogP contribution in [0.2, 0.25) is 0 Å². The minimum Gasteiger partial charge on any atom is -0.278 e. The minimum absolute atomic E-state index is 0.101. The molecule has 0 unspecified atom stereocenters. The van der Waals surface area contributed by atoms with E-state index >= 15 is 0 Å². The van der Waals surface area contributed by atoms with Crippen LogP contribution in [0.1, 0.15) is 0 Å². The highest BCUT2D eigenvalue weighted by Crippen LogP contribution is 2.24. The van der Waals surface area contributed by atoms with Gasteiger partial charge in [-0.15, -0.1) is 5.10 Å². The van der Waals surface area contributed by atoms with Crippen LogP contribution in [-0.2, 0) is 17.1 Å². The van der Waals surface area contributed by atoms with Gasteiger partial charge in [-0.1, -0.05) is 5.21 Å². The van der Waals surface area contributed by atoms with Crippen LogP contribution in [0.25, 0.3) is 0 Å². The van der Waals surface area contributed by atoms with E-state index in [1.165, 1.54) is 19.2 Å². The quantitative estimate of drug-likeness (QED) is 0.837. The molecule has 10 heteroatoms. The van der Waals surface area contributed by atoms with E-state index in [9.17, 15) is 12.8 Å². The number of rotatable bonds is 3. The normalized spacial score (nSPS) is 11.6. The molecule has 0 aliphatic rings. The maximum Gasteiger partial charge on any atom is 0.281 e. The molecule has 0 saturated carbocycles. The summed E-state index contributed by atoms with van der Waals surface area (Å²) >= 11 is 5.99. The summed E-state index contributed by atoms with van der Waals surface area (Å²) in [6, 6.07) is 3.79. The monoisotopic (exact) mass is 412 g/mol. The molecule has 0 aliphatic heterocycles. The largest absolute Gasteiger partial charge is 0.281 e. The Hall–Kier alpha value is -1.00. The summed E-state index contributed by atoms with van der Waals surface area (Å²) in [5.74, 6) is -0.480. The Kier molecular flexibility index (Phi) is 3.92. The zero-order valence-electron chi connectivity index (χ0n) is 9.43. The summed E-state index contributed by atoms with van der Waals surface area (Å²) in [6.07, 6.45) is 0. The van der Waals surface area contributed by atoms with E-state index in [2.05, 4.69) is 46.9 Å². The highest BCUT2D eigenvalue weighted by Gasteiger charge is 2.24. The maximum atomic E-state index is 13.1. The van der Waals surface area contributed by atoms with Gasteiger partial charge in [0, 0.05) is 7.05 Å². The minimum atomic E-state index is -3.86. The summed E-state index contributed by atoms with van der Waals surface area (Å²) < 4.78 is 41.1. The van der Waals surface area contributed by atoms with Crippen molar-refractivity contribution in [1.82, 2.24) is 15.0 Å². The van der Waals surface area contributed by atoms with Gasteiger partial charge in [0.25, 0.3) is 10.0 Å². The lowest BCUT2D eigenvalue weighted by molar-refractivity contribution is 0.578. The van der Waals surface area contributed by atoms with Crippen molar-refractivity contribution in [2.75, 3.05) is 4.72 Å². The third-order valence-electron chi connectivity index (χ3n) is 2.16. The molecule has 0 spiro atoms. The van der Waals surface area contributed by atoms with Gasteiger partial charge in [-0.3, -0.25) is 4.72 Å². The van der Waals surface area contributed by atoms with E-state index in [1.807, 2.05) is 0 Å². The average Bonchev–Trinajstić information content (AvgIpc) is 2.64. The molecule has 1 heterocycles. The molecule has 1 aromatic heterocycles. The van der Waals surface area contributed by atoms with Gasteiger partial charge < -0.3 is 0 Å². The zero-order chi connectivity index (χ0) is 14.2. The van der Waals surface area contributed by atoms with Gasteiger partial charge in [0.1, 0.15) is 5.82 Å². The van der Waals surface area contributed by atoms with Crippen LogP contribution in [0.5, 0.6) is 0 Å². The van der Waals surface area contributed by atoms with Gasteiger partial charge in [0.15, 0.2) is 4.60 Å². The fraction of sp³-hybridized carbons (Fsp3) is 0.111. The molecule has 6 nitrogen and oxygen atoms in total. The van der Waals surface area contributed by atoms with Crippen molar-refractivity contribution < 1.29 is 12.8 Å². The molecule has 0 atom stereocenters. The van der Waals surface area contributed by atoms with Crippen LogP contribution in [0, 0.1) is 5.82 Å². The Morgan fingerprint density at radius 1 is 1.37 bits per heavy atom. The lowest BCUT2D eigenvalue weighted by Gasteiger charge is -2.08. The van der Waals surface area contributed by atoms with Crippen molar-refractivity contribution in [3.05, 3.63) is 33.1 Å². The predicted octanol–water partition coefficient (Wildman–Crippen LogP) is 2.28. The first kappa shape index (κ1) is 14.4. The lowest BCUT2D eigenvalue weighted by atomic mass is 10.3. The van der Waals surface area contributed by atoms with Crippen LogP contribution in [0.15, 0.2) is 32.3 Å². The lowest BCUT2D eigenvalue weighted by Crippen LogP contribution is -2.17. The molecule has 0 saturated heterocycles. The number of aromatic nitrogens is 3. The second-order valence-electron chi connectivity index (χ2n) is 3.54. The second-order valence-corrected chi connectivity index (χ2v) is 6.75. The van der Waals surface area contributed by atoms with Crippen molar-refractivity contribution in [1.29, 1.82) is 0 Å². The summed E-state index contributed by atoms with van der Waals surface area (Å²) in [5.41, 5.74) is 0.223. The van der Waals surface area contributed by atoms with E-state index in [4.69, 9.17) is 0 Å². The molecule has 0 aliphatic carbocycles. The summed E-state index contributed by atoms with van der Waals surface area (Å²) in [6.45, 7) is 0. The molecule has 19 heavy (non-hydrogen) atoms. The highest BCUT2D eigenvalue weighted by molar-refractivity contribution is 9.10. The van der Waals surface area contributed by atoms with Crippen molar-refractivity contribution in [2.45, 2.75) is 5.03 Å². The number of hydrogen-bond donors (Lipinski definition) is 1. The third kappa shape index (κ3) is 2.95. The van der Waals surface area contributed by atoms with E-state index < -0.39 is 15.8 Å². The number of sulfonamides is 1. The molecule has 2 rings (SSSR count). The number of halogens is 3. The van der Waals surface area contributed by atoms with Gasteiger partial charge in [0.05, 0.1) is 10.2 Å². The highest BCUT2D eigenvalue weighted by atomic mass is 79.9. The third-order valence-corrected chi connectivity index (χ3v) is 5.04. The summed E-state index contributed by atoms with van der Waals surface area (Å²) in [5, 5.41) is 7.07. The summed E-state index contributed by atoms with van der Waals surface area (Å²) in [4.78, 5) is 0. The van der Waals surface area contributed by atoms with Gasteiger partial charge in [0.2, 0.25) is 5.03 Å². The number of aryl methyl sites for hydroxylation is 1. The number of nitrogens with one attached hydrogen (secondary N) is 1. The van der Waals surface area contributed by atoms with Gasteiger partial charge in [-0.2, -0.15) is 8.42 Å². The van der Waals surface area contributed by atoms with Gasteiger partial charge in [-0.05, 0) is 50.1 Å². The number of benzene rings is 1. The molecule has 1 N–H and O–H groups in total. The second kappa shape index (κ2) is 5.17. The molecule has 102 valence electrons. The molecule has 0 amide bonds. The number of nitrogens with zero attached hydrogens (tertiary/aromatic N) is 3. The van der Waals surface area contributed by atoms with Crippen molar-refractivity contribution >= 4 is 47.6 Å². The zero-order valence-corrected chi connectivity index (χ0v) is 13.4. The van der Waals surface area contributed by atoms with Gasteiger partial charge in [-0.25, -0.2) is 9.07 Å². The first-order valence-electron chi connectivity index (χ1n) is 4.84. The SMILES string of the molecule is Cn1nnc(Br)c1S(=O)(=O)Nc1ccc(F)c(Br)c1. The fourth-order valence-electron chi connectivity index (χ4n) is 1.37. The molecule has 0 radical (unpaired) electrons. The first-order chi connectivity index (χ1) is 8.81. The average molecular weight is 414 g/mol. The Morgan fingerprint density at radius 3 is 2.58 bits per heavy atom. The van der Waals surface area contributed by atoms with E-state index in [-0.39, 0.29) is 19.8 Å². The van der Waals surface area contributed by atoms with E-state index in [0.29, 0.717) is 0 Å². The number of hydrogen-bond acceptors (Lipinski definition) is 4. The van der Waals surface area contributed by atoms with Crippen LogP contribution in [0.3, 0.4) is 0 Å². The molecular weight excluding hydrogens is 407 g/mol. The Balaban J connectivity index is 2.39. The van der Waals surface area contributed by atoms with Crippen molar-refractivity contribution in [3.8, 4) is 0 Å². The predicted molar refractivity (Wildman–Crippen MR) is 73.6 cm³/mol. The van der Waals surface area contributed by atoms with Crippen LogP contribution < -0.4 is 4.72 Å². The maximum absolute atomic E-state index is 13.1. The van der Waals surface area contributed by atoms with Crippen LogP contribution >= 0.6 is 31.9 Å². The van der Waals surface area contributed by atoms with Gasteiger partial charge >= 0.3 is 0 Å². The van der Waals surface area contributed by atoms with Crippen molar-refractivity contribution in [2.24, 2.45) is 7.05 Å². The molecule has 0 fully saturated rings. The molecule has 1 aromatic carbocycles. The first-order valence-corrected chi connectivity index (χ1v) is 7.91. The molecule has 0 bridgehead atoms. The van der Waals surface area contributed by atoms with Crippen LogP contribution in [-0.4, -0.2) is 23.4 Å². The molecule has 2 aromatic rings. The van der Waals surface area contributed by atoms with Crippen LogP contribution in [0.4, 0.5) is 10.1 Å². The fourth-order valence-corrected chi connectivity index (χ4v) is 3.90.